The summed E-state index contributed by atoms with van der Waals surface area (Å²) in [6, 6.07) is 13.7. The highest BCUT2D eigenvalue weighted by Gasteiger charge is 2.25. The maximum Gasteiger partial charge on any atom is 0.278 e. The second-order valence-corrected chi connectivity index (χ2v) is 6.37. The minimum absolute atomic E-state index is 0.201. The van der Waals surface area contributed by atoms with Crippen molar-refractivity contribution in [2.24, 2.45) is 0 Å². The van der Waals surface area contributed by atoms with Crippen molar-refractivity contribution in [1.82, 2.24) is 0 Å². The van der Waals surface area contributed by atoms with E-state index < -0.39 is 0 Å². The van der Waals surface area contributed by atoms with E-state index in [1.54, 1.807) is 12.1 Å². The number of benzene rings is 2. The van der Waals surface area contributed by atoms with Gasteiger partial charge in [0.15, 0.2) is 0 Å². The van der Waals surface area contributed by atoms with Crippen LogP contribution in [0.1, 0.15) is 11.1 Å². The van der Waals surface area contributed by atoms with Gasteiger partial charge in [-0.3, -0.25) is 10.1 Å². The normalized spacial score (nSPS) is 20.7. The van der Waals surface area contributed by atoms with Crippen molar-refractivity contribution in [1.29, 1.82) is 0 Å². The monoisotopic (exact) mass is 331 g/mol. The van der Waals surface area contributed by atoms with Gasteiger partial charge in [0.05, 0.1) is 10.5 Å². The van der Waals surface area contributed by atoms with E-state index in [1.165, 1.54) is 21.9 Å². The van der Waals surface area contributed by atoms with Crippen LogP contribution in [0.4, 0.5) is 10.1 Å². The van der Waals surface area contributed by atoms with Crippen LogP contribution in [-0.4, -0.2) is 31.1 Å². The highest BCUT2D eigenvalue weighted by molar-refractivity contribution is 5.39. The Morgan fingerprint density at radius 1 is 0.917 bits per heavy atom. The number of hydrogen-bond donors (Lipinski definition) is 2. The summed E-state index contributed by atoms with van der Waals surface area (Å²) < 4.78 is 13.0. The Morgan fingerprint density at radius 3 is 2.12 bits per heavy atom. The molecule has 2 aromatic rings. The van der Waals surface area contributed by atoms with Gasteiger partial charge in [-0.2, -0.15) is 0 Å². The van der Waals surface area contributed by atoms with E-state index >= 15 is 0 Å². The number of nitrogens with zero attached hydrogens (tertiary/aromatic N) is 1. The molecule has 0 radical (unpaired) electrons. The number of nitrogens with one attached hydrogen (secondary N) is 2. The van der Waals surface area contributed by atoms with Crippen molar-refractivity contribution in [3.8, 4) is 0 Å². The van der Waals surface area contributed by atoms with Gasteiger partial charge in [0, 0.05) is 11.6 Å². The number of para-hydroxylation sites is 1. The summed E-state index contributed by atoms with van der Waals surface area (Å²) in [4.78, 5) is 13.7. The second kappa shape index (κ2) is 7.51. The van der Waals surface area contributed by atoms with Crippen molar-refractivity contribution in [3.63, 3.8) is 0 Å². The van der Waals surface area contributed by atoms with Gasteiger partial charge in [-0.1, -0.05) is 24.3 Å². The van der Waals surface area contributed by atoms with E-state index in [0.717, 1.165) is 43.9 Å². The molecule has 1 fully saturated rings. The van der Waals surface area contributed by atoms with Gasteiger partial charge in [-0.15, -0.1) is 0 Å². The number of hydrogen-bond acceptors (Lipinski definition) is 2. The SMILES string of the molecule is O=[N+]([O-])c1ccccc1C[NH+]1CC[NH+](Cc2ccc(F)cc2)CC1. The number of nitro benzene ring substituents is 1. The molecule has 3 rings (SSSR count). The summed E-state index contributed by atoms with van der Waals surface area (Å²) >= 11 is 0. The van der Waals surface area contributed by atoms with E-state index in [9.17, 15) is 14.5 Å². The largest absolute Gasteiger partial charge is 0.322 e. The molecule has 1 aliphatic rings. The molecule has 0 atom stereocenters. The fourth-order valence-corrected chi connectivity index (χ4v) is 3.31. The fraction of sp³-hybridized carbons (Fsp3) is 0.333. The summed E-state index contributed by atoms with van der Waals surface area (Å²) in [6.45, 7) is 5.62. The molecule has 0 spiro atoms. The van der Waals surface area contributed by atoms with Crippen LogP contribution >= 0.6 is 0 Å². The van der Waals surface area contributed by atoms with E-state index in [1.807, 2.05) is 24.3 Å². The predicted molar refractivity (Wildman–Crippen MR) is 88.3 cm³/mol. The lowest BCUT2D eigenvalue weighted by atomic mass is 10.1. The van der Waals surface area contributed by atoms with Crippen LogP contribution < -0.4 is 9.80 Å². The van der Waals surface area contributed by atoms with Crippen LogP contribution in [0.3, 0.4) is 0 Å². The zero-order chi connectivity index (χ0) is 16.9. The topological polar surface area (TPSA) is 52.0 Å². The van der Waals surface area contributed by atoms with Gasteiger partial charge < -0.3 is 9.80 Å². The maximum absolute atomic E-state index is 13.0. The molecule has 126 valence electrons. The number of halogens is 1. The minimum Gasteiger partial charge on any atom is -0.322 e. The van der Waals surface area contributed by atoms with Crippen molar-refractivity contribution >= 4 is 5.69 Å². The maximum atomic E-state index is 13.0. The highest BCUT2D eigenvalue weighted by Crippen LogP contribution is 2.16. The molecule has 2 aromatic carbocycles. The van der Waals surface area contributed by atoms with Crippen LogP contribution in [0.5, 0.6) is 0 Å². The summed E-state index contributed by atoms with van der Waals surface area (Å²) in [5.41, 5.74) is 2.17. The van der Waals surface area contributed by atoms with Crippen molar-refractivity contribution < 1.29 is 19.1 Å². The van der Waals surface area contributed by atoms with Crippen molar-refractivity contribution in [3.05, 3.63) is 75.6 Å². The van der Waals surface area contributed by atoms with Crippen molar-refractivity contribution in [2.75, 3.05) is 26.2 Å². The first kappa shape index (κ1) is 16.5. The summed E-state index contributed by atoms with van der Waals surface area (Å²) in [5, 5.41) is 11.1. The molecule has 0 amide bonds. The fourth-order valence-electron chi connectivity index (χ4n) is 3.31. The van der Waals surface area contributed by atoms with Crippen molar-refractivity contribution in [2.45, 2.75) is 13.1 Å². The van der Waals surface area contributed by atoms with Gasteiger partial charge in [0.25, 0.3) is 5.69 Å². The zero-order valence-electron chi connectivity index (χ0n) is 13.5. The zero-order valence-corrected chi connectivity index (χ0v) is 13.5. The third kappa shape index (κ3) is 4.15. The molecule has 2 N–H and O–H groups in total. The average Bonchev–Trinajstić information content (AvgIpc) is 2.59. The van der Waals surface area contributed by atoms with Crippen LogP contribution in [0.25, 0.3) is 0 Å². The summed E-state index contributed by atoms with van der Waals surface area (Å²) in [5.74, 6) is -0.201. The Kier molecular flexibility index (Phi) is 5.17. The van der Waals surface area contributed by atoms with Crippen LogP contribution in [0.15, 0.2) is 48.5 Å². The Hall–Kier alpha value is -2.31. The lowest BCUT2D eigenvalue weighted by Crippen LogP contribution is -3.27. The van der Waals surface area contributed by atoms with Gasteiger partial charge in [-0.25, -0.2) is 4.39 Å². The molecular weight excluding hydrogens is 309 g/mol. The van der Waals surface area contributed by atoms with Gasteiger partial charge in [0.1, 0.15) is 45.1 Å². The highest BCUT2D eigenvalue weighted by atomic mass is 19.1. The second-order valence-electron chi connectivity index (χ2n) is 6.37. The molecule has 0 unspecified atom stereocenters. The van der Waals surface area contributed by atoms with E-state index in [-0.39, 0.29) is 16.4 Å². The van der Waals surface area contributed by atoms with Gasteiger partial charge in [-0.05, 0) is 18.2 Å². The van der Waals surface area contributed by atoms with E-state index in [2.05, 4.69) is 0 Å². The Bertz CT molecular complexity index is 698. The third-order valence-corrected chi connectivity index (χ3v) is 4.66. The first-order valence-electron chi connectivity index (χ1n) is 8.25. The first-order valence-corrected chi connectivity index (χ1v) is 8.25. The van der Waals surface area contributed by atoms with E-state index in [0.29, 0.717) is 6.54 Å². The Morgan fingerprint density at radius 2 is 1.50 bits per heavy atom. The van der Waals surface area contributed by atoms with Gasteiger partial charge >= 0.3 is 0 Å². The van der Waals surface area contributed by atoms with Crippen LogP contribution in [0, 0.1) is 15.9 Å². The minimum atomic E-state index is -0.301. The molecule has 24 heavy (non-hydrogen) atoms. The number of rotatable bonds is 5. The third-order valence-electron chi connectivity index (χ3n) is 4.66. The average molecular weight is 331 g/mol. The van der Waals surface area contributed by atoms with Crippen LogP contribution in [0.2, 0.25) is 0 Å². The van der Waals surface area contributed by atoms with Crippen LogP contribution in [-0.2, 0) is 13.1 Å². The summed E-state index contributed by atoms with van der Waals surface area (Å²) in [7, 11) is 0. The molecule has 0 aromatic heterocycles. The molecule has 1 aliphatic heterocycles. The molecule has 1 heterocycles. The molecule has 1 saturated heterocycles. The van der Waals surface area contributed by atoms with E-state index in [4.69, 9.17) is 0 Å². The molecule has 0 saturated carbocycles. The molecule has 5 nitrogen and oxygen atoms in total. The molecular formula is C18H22FN3O2+2. The summed E-state index contributed by atoms with van der Waals surface area (Å²) in [6.07, 6.45) is 0. The predicted octanol–water partition coefficient (Wildman–Crippen LogP) is 0.218. The molecule has 0 bridgehead atoms. The Labute approximate surface area is 140 Å². The first-order chi connectivity index (χ1) is 11.6. The molecule has 0 aliphatic carbocycles. The van der Waals surface area contributed by atoms with Gasteiger partial charge in [0.2, 0.25) is 0 Å². The lowest BCUT2D eigenvalue weighted by Gasteiger charge is -2.29. The number of quaternary nitrogens is 2. The smallest absolute Gasteiger partial charge is 0.278 e. The standard InChI is InChI=1S/C18H20FN3O2/c19-17-7-5-15(6-8-17)13-20-9-11-21(12-10-20)14-16-3-1-2-4-18(16)22(23)24/h1-8H,9-14H2/p+2. The Balaban J connectivity index is 1.54. The number of nitro groups is 1. The molecule has 6 heteroatoms. The quantitative estimate of drug-likeness (QED) is 0.608. The lowest BCUT2D eigenvalue weighted by molar-refractivity contribution is -1.02. The number of piperazine rings is 1.